The van der Waals surface area contributed by atoms with Crippen LogP contribution in [-0.2, 0) is 4.79 Å². The van der Waals surface area contributed by atoms with Crippen molar-refractivity contribution in [2.75, 3.05) is 27.2 Å². The largest absolute Gasteiger partial charge is 0.322 e. The first kappa shape index (κ1) is 14.5. The highest BCUT2D eigenvalue weighted by Crippen LogP contribution is 2.19. The smallest absolute Gasteiger partial charge is 0.238 e. The molecule has 1 aliphatic rings. The second-order valence-corrected chi connectivity index (χ2v) is 5.65. The number of rotatable bonds is 6. The highest BCUT2D eigenvalue weighted by Gasteiger charge is 2.34. The number of nitrogens with zero attached hydrogens (tertiary/aromatic N) is 2. The van der Waals surface area contributed by atoms with E-state index in [0.717, 1.165) is 19.4 Å². The molecule has 0 saturated carbocycles. The summed E-state index contributed by atoms with van der Waals surface area (Å²) in [4.78, 5) is 16.2. The molecule has 0 radical (unpaired) electrons. The summed E-state index contributed by atoms with van der Waals surface area (Å²) in [6.07, 6.45) is 2.28. The first-order valence-corrected chi connectivity index (χ1v) is 6.65. The average Bonchev–Trinajstić information content (AvgIpc) is 2.57. The van der Waals surface area contributed by atoms with E-state index in [9.17, 15) is 4.79 Å². The van der Waals surface area contributed by atoms with Gasteiger partial charge < -0.3 is 9.80 Å². The maximum absolute atomic E-state index is 12.0. The lowest BCUT2D eigenvalue weighted by atomic mass is 10.0. The molecule has 0 aromatic rings. The van der Waals surface area contributed by atoms with E-state index in [1.807, 2.05) is 0 Å². The standard InChI is InChI=1S/C13H27N3O/c1-6-12-14-8-13(17)16(12)11(7-10(2)3)9-15(4)5/h10-12,14H,6-9H2,1-5H3. The van der Waals surface area contributed by atoms with Crippen LogP contribution < -0.4 is 5.32 Å². The highest BCUT2D eigenvalue weighted by atomic mass is 16.2. The van der Waals surface area contributed by atoms with Crippen molar-refractivity contribution in [2.24, 2.45) is 5.92 Å². The molecule has 0 aromatic heterocycles. The first-order chi connectivity index (χ1) is 7.95. The van der Waals surface area contributed by atoms with Gasteiger partial charge in [-0.25, -0.2) is 0 Å². The number of carbonyl (C=O) groups excluding carboxylic acids is 1. The van der Waals surface area contributed by atoms with Crippen LogP contribution in [0.4, 0.5) is 0 Å². The van der Waals surface area contributed by atoms with Gasteiger partial charge in [-0.1, -0.05) is 20.8 Å². The van der Waals surface area contributed by atoms with E-state index in [-0.39, 0.29) is 12.1 Å². The summed E-state index contributed by atoms with van der Waals surface area (Å²) in [5, 5.41) is 3.29. The van der Waals surface area contributed by atoms with E-state index in [4.69, 9.17) is 0 Å². The lowest BCUT2D eigenvalue weighted by molar-refractivity contribution is -0.131. The molecule has 1 heterocycles. The zero-order valence-electron chi connectivity index (χ0n) is 11.9. The molecule has 1 fully saturated rings. The van der Waals surface area contributed by atoms with Gasteiger partial charge in [0.15, 0.2) is 0 Å². The number of likely N-dealkylation sites (N-methyl/N-ethyl adjacent to an activating group) is 1. The van der Waals surface area contributed by atoms with Gasteiger partial charge in [0.05, 0.1) is 12.7 Å². The van der Waals surface area contributed by atoms with E-state index >= 15 is 0 Å². The second kappa shape index (κ2) is 6.36. The average molecular weight is 241 g/mol. The van der Waals surface area contributed by atoms with Gasteiger partial charge in [-0.15, -0.1) is 0 Å². The Balaban J connectivity index is 2.75. The fraction of sp³-hybridized carbons (Fsp3) is 0.923. The molecule has 0 aromatic carbocycles. The number of hydrogen-bond acceptors (Lipinski definition) is 3. The Bertz CT molecular complexity index is 243. The van der Waals surface area contributed by atoms with Gasteiger partial charge in [-0.05, 0) is 32.9 Å². The highest BCUT2D eigenvalue weighted by molar-refractivity contribution is 5.81. The van der Waals surface area contributed by atoms with Gasteiger partial charge in [0.1, 0.15) is 0 Å². The van der Waals surface area contributed by atoms with Crippen LogP contribution in [0.2, 0.25) is 0 Å². The van der Waals surface area contributed by atoms with E-state index < -0.39 is 0 Å². The number of nitrogens with one attached hydrogen (secondary N) is 1. The van der Waals surface area contributed by atoms with Crippen LogP contribution in [-0.4, -0.2) is 55.1 Å². The Kier molecular flexibility index (Phi) is 5.40. The lowest BCUT2D eigenvalue weighted by Gasteiger charge is -2.35. The van der Waals surface area contributed by atoms with Crippen molar-refractivity contribution < 1.29 is 4.79 Å². The minimum atomic E-state index is 0.228. The third-order valence-corrected chi connectivity index (χ3v) is 3.21. The molecule has 1 amide bonds. The maximum Gasteiger partial charge on any atom is 0.238 e. The summed E-state index contributed by atoms with van der Waals surface area (Å²) < 4.78 is 0. The van der Waals surface area contributed by atoms with E-state index in [2.05, 4.69) is 50.0 Å². The van der Waals surface area contributed by atoms with Gasteiger partial charge in [-0.2, -0.15) is 0 Å². The Morgan fingerprint density at radius 1 is 1.47 bits per heavy atom. The third-order valence-electron chi connectivity index (χ3n) is 3.21. The van der Waals surface area contributed by atoms with Gasteiger partial charge in [-0.3, -0.25) is 10.1 Å². The van der Waals surface area contributed by atoms with Crippen LogP contribution >= 0.6 is 0 Å². The molecule has 17 heavy (non-hydrogen) atoms. The third kappa shape index (κ3) is 3.96. The fourth-order valence-electron chi connectivity index (χ4n) is 2.61. The van der Waals surface area contributed by atoms with Crippen molar-refractivity contribution in [2.45, 2.75) is 45.8 Å². The van der Waals surface area contributed by atoms with Crippen LogP contribution in [0.5, 0.6) is 0 Å². The van der Waals surface area contributed by atoms with Gasteiger partial charge in [0.25, 0.3) is 0 Å². The normalized spacial score (nSPS) is 22.9. The number of carbonyl (C=O) groups is 1. The number of hydrogen-bond donors (Lipinski definition) is 1. The Hall–Kier alpha value is -0.610. The SMILES string of the molecule is CCC1NCC(=O)N1C(CC(C)C)CN(C)C. The van der Waals surface area contributed by atoms with E-state index in [1.165, 1.54) is 0 Å². The molecule has 4 nitrogen and oxygen atoms in total. The van der Waals surface area contributed by atoms with Gasteiger partial charge in [0.2, 0.25) is 5.91 Å². The molecule has 0 aliphatic carbocycles. The monoisotopic (exact) mass is 241 g/mol. The quantitative estimate of drug-likeness (QED) is 0.757. The molecule has 0 bridgehead atoms. The van der Waals surface area contributed by atoms with E-state index in [0.29, 0.717) is 18.5 Å². The minimum absolute atomic E-state index is 0.228. The van der Waals surface area contributed by atoms with Crippen LogP contribution in [0.3, 0.4) is 0 Å². The van der Waals surface area contributed by atoms with Crippen molar-refractivity contribution in [1.82, 2.24) is 15.1 Å². The van der Waals surface area contributed by atoms with Crippen molar-refractivity contribution >= 4 is 5.91 Å². The van der Waals surface area contributed by atoms with Crippen LogP contribution in [0.25, 0.3) is 0 Å². The molecule has 2 atom stereocenters. The van der Waals surface area contributed by atoms with Crippen molar-refractivity contribution in [1.29, 1.82) is 0 Å². The zero-order chi connectivity index (χ0) is 13.0. The maximum atomic E-state index is 12.0. The summed E-state index contributed by atoms with van der Waals surface area (Å²) >= 11 is 0. The van der Waals surface area contributed by atoms with Crippen LogP contribution in [0.1, 0.15) is 33.6 Å². The number of amides is 1. The molecule has 0 spiro atoms. The molecule has 4 heteroatoms. The van der Waals surface area contributed by atoms with Crippen LogP contribution in [0.15, 0.2) is 0 Å². The predicted molar refractivity (Wildman–Crippen MR) is 70.7 cm³/mol. The summed E-state index contributed by atoms with van der Waals surface area (Å²) in [7, 11) is 4.14. The van der Waals surface area contributed by atoms with Crippen molar-refractivity contribution in [3.63, 3.8) is 0 Å². The summed E-state index contributed by atoms with van der Waals surface area (Å²) in [5.74, 6) is 0.871. The summed E-state index contributed by atoms with van der Waals surface area (Å²) in [6.45, 7) is 8.02. The van der Waals surface area contributed by atoms with Crippen molar-refractivity contribution in [3.05, 3.63) is 0 Å². The zero-order valence-corrected chi connectivity index (χ0v) is 11.9. The Morgan fingerprint density at radius 2 is 2.12 bits per heavy atom. The topological polar surface area (TPSA) is 35.6 Å². The fourth-order valence-corrected chi connectivity index (χ4v) is 2.61. The first-order valence-electron chi connectivity index (χ1n) is 6.65. The van der Waals surface area contributed by atoms with Crippen molar-refractivity contribution in [3.8, 4) is 0 Å². The molecule has 100 valence electrons. The summed E-state index contributed by atoms with van der Waals surface area (Å²) in [6, 6.07) is 0.331. The second-order valence-electron chi connectivity index (χ2n) is 5.65. The molecular weight excluding hydrogens is 214 g/mol. The molecule has 1 saturated heterocycles. The Morgan fingerprint density at radius 3 is 2.59 bits per heavy atom. The molecule has 1 aliphatic heterocycles. The van der Waals surface area contributed by atoms with E-state index in [1.54, 1.807) is 0 Å². The molecule has 2 unspecified atom stereocenters. The van der Waals surface area contributed by atoms with Gasteiger partial charge in [0, 0.05) is 12.6 Å². The minimum Gasteiger partial charge on any atom is -0.322 e. The molecular formula is C13H27N3O. The summed E-state index contributed by atoms with van der Waals surface area (Å²) in [5.41, 5.74) is 0. The predicted octanol–water partition coefficient (Wildman–Crippen LogP) is 1.13. The Labute approximate surface area is 105 Å². The van der Waals surface area contributed by atoms with Crippen LogP contribution in [0, 0.1) is 5.92 Å². The molecule has 1 N–H and O–H groups in total. The van der Waals surface area contributed by atoms with Gasteiger partial charge >= 0.3 is 0 Å². The molecule has 1 rings (SSSR count). The lowest BCUT2D eigenvalue weighted by Crippen LogP contribution is -2.49.